The predicted molar refractivity (Wildman–Crippen MR) is 87.2 cm³/mol. The Morgan fingerprint density at radius 2 is 2.04 bits per heavy atom. The van der Waals surface area contributed by atoms with E-state index in [-0.39, 0.29) is 11.7 Å². The summed E-state index contributed by atoms with van der Waals surface area (Å²) in [6.45, 7) is 0.835. The molecule has 0 aliphatic heterocycles. The molecule has 0 radical (unpaired) electrons. The van der Waals surface area contributed by atoms with Gasteiger partial charge in [0.2, 0.25) is 0 Å². The molecule has 23 heavy (non-hydrogen) atoms. The number of oxazole rings is 1. The van der Waals surface area contributed by atoms with Crippen molar-refractivity contribution >= 4 is 17.1 Å². The number of esters is 1. The van der Waals surface area contributed by atoms with Crippen molar-refractivity contribution in [1.29, 1.82) is 0 Å². The summed E-state index contributed by atoms with van der Waals surface area (Å²) in [6, 6.07) is 7.34. The van der Waals surface area contributed by atoms with Crippen LogP contribution in [-0.4, -0.2) is 17.1 Å². The molecule has 5 heteroatoms. The van der Waals surface area contributed by atoms with Crippen LogP contribution in [0.5, 0.6) is 0 Å². The quantitative estimate of drug-likeness (QED) is 0.579. The van der Waals surface area contributed by atoms with Gasteiger partial charge in [0.25, 0.3) is 0 Å². The summed E-state index contributed by atoms with van der Waals surface area (Å²) in [4.78, 5) is 23.5. The van der Waals surface area contributed by atoms with Crippen LogP contribution in [0.25, 0.3) is 11.1 Å². The van der Waals surface area contributed by atoms with Crippen LogP contribution in [0.4, 0.5) is 0 Å². The van der Waals surface area contributed by atoms with Crippen molar-refractivity contribution in [2.45, 2.75) is 51.5 Å². The Morgan fingerprint density at radius 1 is 1.26 bits per heavy atom. The van der Waals surface area contributed by atoms with Crippen LogP contribution in [0.2, 0.25) is 0 Å². The van der Waals surface area contributed by atoms with E-state index < -0.39 is 0 Å². The molecule has 1 aliphatic carbocycles. The van der Waals surface area contributed by atoms with Crippen LogP contribution in [0.1, 0.15) is 44.9 Å². The molecule has 0 unspecified atom stereocenters. The van der Waals surface area contributed by atoms with Gasteiger partial charge in [-0.2, -0.15) is 0 Å². The number of aromatic nitrogens is 1. The molecule has 0 N–H and O–H groups in total. The smallest absolute Gasteiger partial charge is 0.419 e. The van der Waals surface area contributed by atoms with Crippen molar-refractivity contribution in [2.24, 2.45) is 5.92 Å². The molecule has 1 aliphatic rings. The maximum atomic E-state index is 11.8. The highest BCUT2D eigenvalue weighted by molar-refractivity contribution is 5.72. The van der Waals surface area contributed by atoms with Crippen molar-refractivity contribution in [3.8, 4) is 0 Å². The van der Waals surface area contributed by atoms with Gasteiger partial charge >= 0.3 is 11.7 Å². The van der Waals surface area contributed by atoms with Gasteiger partial charge in [0.1, 0.15) is 0 Å². The normalized spacial score (nSPS) is 15.3. The van der Waals surface area contributed by atoms with E-state index in [1.165, 1.54) is 25.7 Å². The van der Waals surface area contributed by atoms with Gasteiger partial charge in [-0.05, 0) is 30.9 Å². The van der Waals surface area contributed by atoms with E-state index in [1.54, 1.807) is 10.6 Å². The van der Waals surface area contributed by atoms with Gasteiger partial charge in [0, 0.05) is 13.0 Å². The molecule has 1 saturated carbocycles. The van der Waals surface area contributed by atoms with Crippen molar-refractivity contribution < 1.29 is 13.9 Å². The highest BCUT2D eigenvalue weighted by Crippen LogP contribution is 2.28. The second-order valence-electron chi connectivity index (χ2n) is 6.25. The van der Waals surface area contributed by atoms with E-state index in [2.05, 4.69) is 0 Å². The fraction of sp³-hybridized carbons (Fsp3) is 0.556. The summed E-state index contributed by atoms with van der Waals surface area (Å²) < 4.78 is 12.0. The number of hydrogen-bond acceptors (Lipinski definition) is 4. The standard InChI is InChI=1S/C18H23NO4/c20-17(11-10-14-6-1-2-7-14)22-13-5-12-19-15-8-3-4-9-16(15)23-18(19)21/h3-4,8-9,14H,1-2,5-7,10-13H2. The van der Waals surface area contributed by atoms with E-state index in [1.807, 2.05) is 18.2 Å². The Morgan fingerprint density at radius 3 is 2.87 bits per heavy atom. The number of nitrogens with zero attached hydrogens (tertiary/aromatic N) is 1. The summed E-state index contributed by atoms with van der Waals surface area (Å²) in [7, 11) is 0. The van der Waals surface area contributed by atoms with Crippen LogP contribution in [0.15, 0.2) is 33.5 Å². The highest BCUT2D eigenvalue weighted by atomic mass is 16.5. The first kappa shape index (κ1) is 15.8. The molecule has 124 valence electrons. The highest BCUT2D eigenvalue weighted by Gasteiger charge is 2.16. The number of rotatable bonds is 7. The molecular formula is C18H23NO4. The second-order valence-corrected chi connectivity index (χ2v) is 6.25. The van der Waals surface area contributed by atoms with Gasteiger partial charge in [-0.1, -0.05) is 37.8 Å². The number of para-hydroxylation sites is 2. The van der Waals surface area contributed by atoms with E-state index >= 15 is 0 Å². The third-order valence-electron chi connectivity index (χ3n) is 4.59. The lowest BCUT2D eigenvalue weighted by Crippen LogP contribution is -2.16. The van der Waals surface area contributed by atoms with Gasteiger partial charge in [-0.15, -0.1) is 0 Å². The minimum absolute atomic E-state index is 0.124. The fourth-order valence-corrected chi connectivity index (χ4v) is 3.33. The first-order chi connectivity index (χ1) is 11.2. The zero-order valence-electron chi connectivity index (χ0n) is 13.3. The van der Waals surface area contributed by atoms with Crippen LogP contribution in [0.3, 0.4) is 0 Å². The number of ether oxygens (including phenoxy) is 1. The van der Waals surface area contributed by atoms with Crippen molar-refractivity contribution in [3.05, 3.63) is 34.8 Å². The SMILES string of the molecule is O=C(CCC1CCCC1)OCCCn1c(=O)oc2ccccc21. The Hall–Kier alpha value is -2.04. The van der Waals surface area contributed by atoms with Crippen molar-refractivity contribution in [2.75, 3.05) is 6.61 Å². The molecule has 1 aromatic carbocycles. The summed E-state index contributed by atoms with van der Waals surface area (Å²) in [5, 5.41) is 0. The number of carbonyl (C=O) groups is 1. The second kappa shape index (κ2) is 7.49. The van der Waals surface area contributed by atoms with Gasteiger partial charge in [-0.3, -0.25) is 9.36 Å². The van der Waals surface area contributed by atoms with Crippen molar-refractivity contribution in [3.63, 3.8) is 0 Å². The average molecular weight is 317 g/mol. The van der Waals surface area contributed by atoms with E-state index in [4.69, 9.17) is 9.15 Å². The minimum atomic E-state index is -0.362. The minimum Gasteiger partial charge on any atom is -0.466 e. The number of hydrogen-bond donors (Lipinski definition) is 0. The van der Waals surface area contributed by atoms with Crippen LogP contribution in [0, 0.1) is 5.92 Å². The first-order valence-corrected chi connectivity index (χ1v) is 8.48. The molecule has 0 bridgehead atoms. The monoisotopic (exact) mass is 317 g/mol. The summed E-state index contributed by atoms with van der Waals surface area (Å²) in [5.41, 5.74) is 1.37. The molecule has 1 aromatic heterocycles. The maximum absolute atomic E-state index is 11.8. The van der Waals surface area contributed by atoms with Crippen LogP contribution in [-0.2, 0) is 16.1 Å². The van der Waals surface area contributed by atoms with Crippen LogP contribution < -0.4 is 5.76 Å². The molecule has 0 atom stereocenters. The Kier molecular flexibility index (Phi) is 5.16. The largest absolute Gasteiger partial charge is 0.466 e. The predicted octanol–water partition coefficient (Wildman–Crippen LogP) is 3.50. The molecule has 0 saturated heterocycles. The summed E-state index contributed by atoms with van der Waals surface area (Å²) >= 11 is 0. The van der Waals surface area contributed by atoms with Crippen LogP contribution >= 0.6 is 0 Å². The molecule has 0 spiro atoms. The maximum Gasteiger partial charge on any atom is 0.419 e. The van der Waals surface area contributed by atoms with E-state index in [0.717, 1.165) is 11.9 Å². The third kappa shape index (κ3) is 4.03. The van der Waals surface area contributed by atoms with Gasteiger partial charge < -0.3 is 9.15 Å². The average Bonchev–Trinajstić information content (AvgIpc) is 3.17. The third-order valence-corrected chi connectivity index (χ3v) is 4.59. The van der Waals surface area contributed by atoms with Gasteiger partial charge in [0.15, 0.2) is 5.58 Å². The molecule has 1 fully saturated rings. The van der Waals surface area contributed by atoms with Crippen molar-refractivity contribution in [1.82, 2.24) is 4.57 Å². The Bertz CT molecular complexity index is 709. The Labute approximate surface area is 135 Å². The molecule has 1 heterocycles. The molecule has 3 rings (SSSR count). The Balaban J connectivity index is 1.41. The number of fused-ring (bicyclic) bond motifs is 1. The summed E-state index contributed by atoms with van der Waals surface area (Å²) in [5.74, 6) is 0.221. The van der Waals surface area contributed by atoms with Gasteiger partial charge in [0.05, 0.1) is 12.1 Å². The van der Waals surface area contributed by atoms with E-state index in [9.17, 15) is 9.59 Å². The zero-order valence-corrected chi connectivity index (χ0v) is 13.3. The topological polar surface area (TPSA) is 61.4 Å². The summed E-state index contributed by atoms with van der Waals surface area (Å²) in [6.07, 6.45) is 7.18. The lowest BCUT2D eigenvalue weighted by molar-refractivity contribution is -0.144. The lowest BCUT2D eigenvalue weighted by atomic mass is 10.0. The molecule has 5 nitrogen and oxygen atoms in total. The van der Waals surface area contributed by atoms with E-state index in [0.29, 0.717) is 37.5 Å². The molecule has 0 amide bonds. The first-order valence-electron chi connectivity index (χ1n) is 8.48. The number of carbonyl (C=O) groups excluding carboxylic acids is 1. The number of aryl methyl sites for hydroxylation is 1. The fourth-order valence-electron chi connectivity index (χ4n) is 3.33. The molecule has 2 aromatic rings. The molecular weight excluding hydrogens is 294 g/mol. The van der Waals surface area contributed by atoms with Gasteiger partial charge in [-0.25, -0.2) is 4.79 Å². The lowest BCUT2D eigenvalue weighted by Gasteiger charge is -2.08. The zero-order chi connectivity index (χ0) is 16.1. The number of benzene rings is 1.